The van der Waals surface area contributed by atoms with E-state index in [0.29, 0.717) is 10.9 Å². The zero-order valence-corrected chi connectivity index (χ0v) is 11.1. The molecule has 94 valence electrons. The summed E-state index contributed by atoms with van der Waals surface area (Å²) in [6.45, 7) is 5.88. The fourth-order valence-corrected chi connectivity index (χ4v) is 3.27. The summed E-state index contributed by atoms with van der Waals surface area (Å²) < 4.78 is 14.0. The Morgan fingerprint density at radius 2 is 2.29 bits per heavy atom. The maximum atomic E-state index is 14.0. The van der Waals surface area contributed by atoms with Gasteiger partial charge in [0.25, 0.3) is 0 Å². The van der Waals surface area contributed by atoms with Gasteiger partial charge in [-0.05, 0) is 18.6 Å². The van der Waals surface area contributed by atoms with E-state index in [-0.39, 0.29) is 11.9 Å². The van der Waals surface area contributed by atoms with Gasteiger partial charge in [-0.2, -0.15) is 11.8 Å². The quantitative estimate of drug-likeness (QED) is 0.880. The van der Waals surface area contributed by atoms with E-state index in [0.717, 1.165) is 24.4 Å². The standard InChI is InChI=1S/C13H19FN2S/c1-9-8-16(6-7-17-9)13-11(10(2)15)4-3-5-12(13)14/h3-5,9-10H,6-8,15H2,1-2H3/t9?,10-/m1/s1. The molecule has 0 radical (unpaired) electrons. The maximum absolute atomic E-state index is 14.0. The Hall–Kier alpha value is -0.740. The lowest BCUT2D eigenvalue weighted by Crippen LogP contribution is -2.38. The minimum atomic E-state index is -0.154. The van der Waals surface area contributed by atoms with Crippen molar-refractivity contribution < 1.29 is 4.39 Å². The van der Waals surface area contributed by atoms with Gasteiger partial charge in [-0.15, -0.1) is 0 Å². The molecule has 17 heavy (non-hydrogen) atoms. The SMILES string of the molecule is CC1CN(c2c(F)cccc2[C@@H](C)N)CCS1. The maximum Gasteiger partial charge on any atom is 0.146 e. The molecule has 1 aliphatic heterocycles. The summed E-state index contributed by atoms with van der Waals surface area (Å²) in [7, 11) is 0. The van der Waals surface area contributed by atoms with Gasteiger partial charge in [0, 0.05) is 30.1 Å². The van der Waals surface area contributed by atoms with Crippen molar-refractivity contribution in [2.24, 2.45) is 5.73 Å². The molecule has 4 heteroatoms. The molecular weight excluding hydrogens is 235 g/mol. The van der Waals surface area contributed by atoms with Gasteiger partial charge in [0.05, 0.1) is 5.69 Å². The van der Waals surface area contributed by atoms with E-state index in [1.54, 1.807) is 6.07 Å². The summed E-state index contributed by atoms with van der Waals surface area (Å²) >= 11 is 1.94. The first-order chi connectivity index (χ1) is 8.09. The van der Waals surface area contributed by atoms with Crippen molar-refractivity contribution in [3.8, 4) is 0 Å². The molecule has 0 bridgehead atoms. The highest BCUT2D eigenvalue weighted by atomic mass is 32.2. The first-order valence-electron chi connectivity index (χ1n) is 6.00. The molecule has 1 aromatic carbocycles. The zero-order chi connectivity index (χ0) is 12.4. The van der Waals surface area contributed by atoms with Gasteiger partial charge in [0.1, 0.15) is 5.82 Å². The summed E-state index contributed by atoms with van der Waals surface area (Å²) in [5, 5.41) is 0.546. The molecule has 1 saturated heterocycles. The van der Waals surface area contributed by atoms with Gasteiger partial charge in [0.15, 0.2) is 0 Å². The van der Waals surface area contributed by atoms with Crippen LogP contribution >= 0.6 is 11.8 Å². The van der Waals surface area contributed by atoms with Crippen LogP contribution in [0.25, 0.3) is 0 Å². The monoisotopic (exact) mass is 254 g/mol. The number of rotatable bonds is 2. The third-order valence-corrected chi connectivity index (χ3v) is 4.20. The highest BCUT2D eigenvalue weighted by molar-refractivity contribution is 8.00. The lowest BCUT2D eigenvalue weighted by Gasteiger charge is -2.34. The van der Waals surface area contributed by atoms with E-state index < -0.39 is 0 Å². The van der Waals surface area contributed by atoms with Crippen LogP contribution < -0.4 is 10.6 Å². The normalized spacial score (nSPS) is 22.6. The third kappa shape index (κ3) is 2.75. The molecule has 0 saturated carbocycles. The predicted octanol–water partition coefficient (Wildman–Crippen LogP) is 2.79. The summed E-state index contributed by atoms with van der Waals surface area (Å²) in [5.74, 6) is 0.896. The van der Waals surface area contributed by atoms with Crippen LogP contribution in [0.15, 0.2) is 18.2 Å². The van der Waals surface area contributed by atoms with Crippen LogP contribution in [0.3, 0.4) is 0 Å². The smallest absolute Gasteiger partial charge is 0.146 e. The average molecular weight is 254 g/mol. The summed E-state index contributed by atoms with van der Waals surface area (Å²) in [5.41, 5.74) is 7.54. The molecule has 2 atom stereocenters. The average Bonchev–Trinajstić information content (AvgIpc) is 2.28. The van der Waals surface area contributed by atoms with Crippen LogP contribution in [0.2, 0.25) is 0 Å². The molecule has 1 aromatic rings. The fraction of sp³-hybridized carbons (Fsp3) is 0.538. The van der Waals surface area contributed by atoms with E-state index in [2.05, 4.69) is 11.8 Å². The Balaban J connectivity index is 2.35. The molecule has 2 N–H and O–H groups in total. The van der Waals surface area contributed by atoms with Crippen molar-refractivity contribution in [1.29, 1.82) is 0 Å². The lowest BCUT2D eigenvalue weighted by molar-refractivity contribution is 0.609. The Morgan fingerprint density at radius 3 is 2.94 bits per heavy atom. The molecule has 2 rings (SSSR count). The topological polar surface area (TPSA) is 29.3 Å². The Bertz CT molecular complexity index is 395. The number of para-hydroxylation sites is 1. The molecule has 1 fully saturated rings. The number of thioether (sulfide) groups is 1. The Morgan fingerprint density at radius 1 is 1.53 bits per heavy atom. The third-order valence-electron chi connectivity index (χ3n) is 3.07. The van der Waals surface area contributed by atoms with Crippen LogP contribution in [0.4, 0.5) is 10.1 Å². The van der Waals surface area contributed by atoms with E-state index in [1.807, 2.05) is 24.8 Å². The number of benzene rings is 1. The second-order valence-electron chi connectivity index (χ2n) is 4.59. The second-order valence-corrected chi connectivity index (χ2v) is 6.14. The molecule has 0 spiro atoms. The highest BCUT2D eigenvalue weighted by Crippen LogP contribution is 2.31. The lowest BCUT2D eigenvalue weighted by atomic mass is 10.0. The molecule has 0 aromatic heterocycles. The second kappa shape index (κ2) is 5.27. The largest absolute Gasteiger partial charge is 0.367 e. The Kier molecular flexibility index (Phi) is 3.94. The van der Waals surface area contributed by atoms with Crippen LogP contribution in [0.1, 0.15) is 25.5 Å². The molecule has 1 heterocycles. The van der Waals surface area contributed by atoms with Crippen molar-refractivity contribution in [2.45, 2.75) is 25.1 Å². The van der Waals surface area contributed by atoms with Crippen molar-refractivity contribution in [3.63, 3.8) is 0 Å². The number of nitrogens with two attached hydrogens (primary N) is 1. The zero-order valence-electron chi connectivity index (χ0n) is 10.3. The minimum absolute atomic E-state index is 0.134. The predicted molar refractivity (Wildman–Crippen MR) is 73.1 cm³/mol. The van der Waals surface area contributed by atoms with E-state index in [9.17, 15) is 4.39 Å². The molecule has 1 unspecified atom stereocenters. The highest BCUT2D eigenvalue weighted by Gasteiger charge is 2.22. The van der Waals surface area contributed by atoms with E-state index >= 15 is 0 Å². The number of hydrogen-bond acceptors (Lipinski definition) is 3. The first kappa shape index (κ1) is 12.7. The summed E-state index contributed by atoms with van der Waals surface area (Å²) in [6, 6.07) is 5.05. The van der Waals surface area contributed by atoms with E-state index in [4.69, 9.17) is 5.73 Å². The Labute approximate surface area is 106 Å². The summed E-state index contributed by atoms with van der Waals surface area (Å²) in [6.07, 6.45) is 0. The van der Waals surface area contributed by atoms with Crippen LogP contribution in [0, 0.1) is 5.82 Å². The van der Waals surface area contributed by atoms with Gasteiger partial charge >= 0.3 is 0 Å². The van der Waals surface area contributed by atoms with Gasteiger partial charge < -0.3 is 10.6 Å². The number of halogens is 1. The molecule has 2 nitrogen and oxygen atoms in total. The van der Waals surface area contributed by atoms with Crippen LogP contribution in [0.5, 0.6) is 0 Å². The van der Waals surface area contributed by atoms with Gasteiger partial charge in [-0.1, -0.05) is 19.1 Å². The van der Waals surface area contributed by atoms with Gasteiger partial charge in [-0.25, -0.2) is 4.39 Å². The molecular formula is C13H19FN2S. The summed E-state index contributed by atoms with van der Waals surface area (Å²) in [4.78, 5) is 2.13. The molecule has 0 amide bonds. The van der Waals surface area contributed by atoms with Crippen molar-refractivity contribution in [1.82, 2.24) is 0 Å². The van der Waals surface area contributed by atoms with E-state index in [1.165, 1.54) is 6.07 Å². The van der Waals surface area contributed by atoms with Crippen LogP contribution in [-0.4, -0.2) is 24.1 Å². The van der Waals surface area contributed by atoms with Crippen molar-refractivity contribution in [3.05, 3.63) is 29.6 Å². The molecule has 1 aliphatic rings. The van der Waals surface area contributed by atoms with Crippen molar-refractivity contribution >= 4 is 17.4 Å². The fourth-order valence-electron chi connectivity index (χ4n) is 2.25. The van der Waals surface area contributed by atoms with Gasteiger partial charge in [-0.3, -0.25) is 0 Å². The number of nitrogens with zero attached hydrogens (tertiary/aromatic N) is 1. The van der Waals surface area contributed by atoms with Crippen LogP contribution in [-0.2, 0) is 0 Å². The molecule has 0 aliphatic carbocycles. The first-order valence-corrected chi connectivity index (χ1v) is 7.05. The van der Waals surface area contributed by atoms with Crippen molar-refractivity contribution in [2.75, 3.05) is 23.7 Å². The minimum Gasteiger partial charge on any atom is -0.367 e. The number of anilines is 1. The number of hydrogen-bond donors (Lipinski definition) is 1. The van der Waals surface area contributed by atoms with Gasteiger partial charge in [0.2, 0.25) is 0 Å².